The van der Waals surface area contributed by atoms with Crippen LogP contribution in [-0.2, 0) is 9.53 Å². The van der Waals surface area contributed by atoms with Gasteiger partial charge in [0.25, 0.3) is 0 Å². The molecule has 3 aromatic rings. The van der Waals surface area contributed by atoms with Crippen LogP contribution in [0.3, 0.4) is 0 Å². The largest absolute Gasteiger partial charge is 0.465 e. The van der Waals surface area contributed by atoms with Crippen molar-refractivity contribution in [2.75, 3.05) is 13.2 Å². The van der Waals surface area contributed by atoms with Crippen LogP contribution in [0, 0.1) is 17.2 Å². The van der Waals surface area contributed by atoms with Crippen LogP contribution < -0.4 is 0 Å². The number of H-pyrrole nitrogens is 1. The van der Waals surface area contributed by atoms with Crippen LogP contribution >= 0.6 is 11.6 Å². The summed E-state index contributed by atoms with van der Waals surface area (Å²) in [5, 5.41) is 10.9. The van der Waals surface area contributed by atoms with E-state index in [4.69, 9.17) is 16.3 Å². The second kappa shape index (κ2) is 9.20. The number of carbonyl (C=O) groups excluding carboxylic acids is 1. The number of benzene rings is 2. The summed E-state index contributed by atoms with van der Waals surface area (Å²) >= 11 is 6.46. The number of esters is 1. The Labute approximate surface area is 168 Å². The van der Waals surface area contributed by atoms with E-state index in [9.17, 15) is 10.1 Å². The summed E-state index contributed by atoms with van der Waals surface area (Å²) in [5.74, 6) is -1.73. The van der Waals surface area contributed by atoms with E-state index in [-0.39, 0.29) is 12.5 Å². The average molecular weight is 394 g/mol. The maximum atomic E-state index is 11.8. The van der Waals surface area contributed by atoms with Crippen molar-refractivity contribution in [3.63, 3.8) is 0 Å². The number of rotatable bonds is 7. The molecular weight excluding hydrogens is 374 g/mol. The minimum atomic E-state index is -1.02. The molecule has 0 aliphatic heterocycles. The molecule has 5 nitrogen and oxygen atoms in total. The Hall–Kier alpha value is -3.10. The van der Waals surface area contributed by atoms with Crippen LogP contribution in [0.15, 0.2) is 59.7 Å². The van der Waals surface area contributed by atoms with Gasteiger partial charge in [0, 0.05) is 40.8 Å². The molecule has 2 aromatic carbocycles. The highest BCUT2D eigenvalue weighted by Crippen LogP contribution is 2.34. The number of aliphatic imine (C=N–C) groups is 1. The van der Waals surface area contributed by atoms with Crippen molar-refractivity contribution in [1.82, 2.24) is 4.98 Å². The van der Waals surface area contributed by atoms with Crippen molar-refractivity contribution in [3.05, 3.63) is 70.9 Å². The minimum Gasteiger partial charge on any atom is -0.465 e. The molecule has 0 amide bonds. The van der Waals surface area contributed by atoms with E-state index in [1.54, 1.807) is 6.92 Å². The molecule has 3 rings (SSSR count). The molecule has 1 N–H and O–H groups in total. The molecule has 0 aliphatic carbocycles. The molecule has 0 saturated heterocycles. The number of ether oxygens (including phenoxy) is 1. The van der Waals surface area contributed by atoms with Crippen molar-refractivity contribution < 1.29 is 9.53 Å². The lowest BCUT2D eigenvalue weighted by Gasteiger charge is -2.17. The number of nitrogens with zero attached hydrogens (tertiary/aromatic N) is 2. The number of fused-ring (bicyclic) bond motifs is 1. The van der Waals surface area contributed by atoms with Gasteiger partial charge >= 0.3 is 5.97 Å². The predicted octanol–water partition coefficient (Wildman–Crippen LogP) is 4.73. The molecular formula is C22H20ClN3O2. The third kappa shape index (κ3) is 4.24. The maximum Gasteiger partial charge on any atom is 0.328 e. The zero-order valence-corrected chi connectivity index (χ0v) is 16.2. The maximum absolute atomic E-state index is 11.8. The predicted molar refractivity (Wildman–Crippen MR) is 111 cm³/mol. The molecule has 0 bridgehead atoms. The van der Waals surface area contributed by atoms with Crippen LogP contribution in [0.2, 0.25) is 5.02 Å². The van der Waals surface area contributed by atoms with Gasteiger partial charge in [0.2, 0.25) is 0 Å². The van der Waals surface area contributed by atoms with Gasteiger partial charge in [0.05, 0.1) is 12.7 Å². The second-order valence-electron chi connectivity index (χ2n) is 6.24. The molecule has 0 fully saturated rings. The Balaban J connectivity index is 1.94. The molecule has 0 saturated carbocycles. The van der Waals surface area contributed by atoms with E-state index in [2.05, 4.69) is 9.98 Å². The smallest absolute Gasteiger partial charge is 0.328 e. The van der Waals surface area contributed by atoms with Crippen LogP contribution in [0.1, 0.15) is 24.0 Å². The standard InChI is InChI=1S/C22H20ClN3O2/c1-2-28-22(27)15(11-24)12-25-13-18(16-7-3-5-9-20(16)23)19-14-26-21-10-6-4-8-17(19)21/h3-10,12,14-15,18,26H,2,13H2,1H3/t15-,18+/m1/s1. The van der Waals surface area contributed by atoms with Gasteiger partial charge in [0.1, 0.15) is 0 Å². The van der Waals surface area contributed by atoms with Crippen LogP contribution in [0.4, 0.5) is 0 Å². The average Bonchev–Trinajstić information content (AvgIpc) is 3.13. The Kier molecular flexibility index (Phi) is 6.46. The number of halogens is 1. The van der Waals surface area contributed by atoms with Crippen molar-refractivity contribution in [2.24, 2.45) is 10.9 Å². The Bertz CT molecular complexity index is 1040. The first-order valence-electron chi connectivity index (χ1n) is 9.02. The highest BCUT2D eigenvalue weighted by molar-refractivity contribution is 6.31. The van der Waals surface area contributed by atoms with Crippen molar-refractivity contribution >= 4 is 34.7 Å². The van der Waals surface area contributed by atoms with Gasteiger partial charge in [-0.1, -0.05) is 48.0 Å². The molecule has 0 spiro atoms. The third-order valence-electron chi connectivity index (χ3n) is 4.50. The lowest BCUT2D eigenvalue weighted by molar-refractivity contribution is -0.143. The van der Waals surface area contributed by atoms with Crippen molar-refractivity contribution in [3.8, 4) is 6.07 Å². The molecule has 0 aliphatic rings. The van der Waals surface area contributed by atoms with E-state index in [0.29, 0.717) is 11.6 Å². The molecule has 0 radical (unpaired) electrons. The van der Waals surface area contributed by atoms with Crippen LogP contribution in [0.5, 0.6) is 0 Å². The minimum absolute atomic E-state index is 0.123. The highest BCUT2D eigenvalue weighted by Gasteiger charge is 2.21. The fourth-order valence-corrected chi connectivity index (χ4v) is 3.42. The normalized spacial score (nSPS) is 13.3. The SMILES string of the molecule is CCOC(=O)[C@H](C#N)C=NC[C@@H](c1ccccc1Cl)c1c[nH]c2ccccc12. The summed E-state index contributed by atoms with van der Waals surface area (Å²) in [4.78, 5) is 19.5. The lowest BCUT2D eigenvalue weighted by atomic mass is 9.91. The molecule has 1 aromatic heterocycles. The van der Waals surface area contributed by atoms with Crippen molar-refractivity contribution in [1.29, 1.82) is 5.26 Å². The summed E-state index contributed by atoms with van der Waals surface area (Å²) in [7, 11) is 0. The van der Waals surface area contributed by atoms with Gasteiger partial charge in [-0.3, -0.25) is 9.79 Å². The fraction of sp³-hybridized carbons (Fsp3) is 0.227. The van der Waals surface area contributed by atoms with E-state index in [1.807, 2.05) is 60.8 Å². The molecule has 28 heavy (non-hydrogen) atoms. The summed E-state index contributed by atoms with van der Waals surface area (Å²) < 4.78 is 4.91. The second-order valence-corrected chi connectivity index (χ2v) is 6.64. The Morgan fingerprint density at radius 3 is 2.75 bits per heavy atom. The highest BCUT2D eigenvalue weighted by atomic mass is 35.5. The van der Waals surface area contributed by atoms with E-state index < -0.39 is 11.9 Å². The summed E-state index contributed by atoms with van der Waals surface area (Å²) in [6.45, 7) is 2.28. The molecule has 6 heteroatoms. The van der Waals surface area contributed by atoms with Crippen LogP contribution in [0.25, 0.3) is 10.9 Å². The number of nitrogens with one attached hydrogen (secondary N) is 1. The number of nitriles is 1. The molecule has 142 valence electrons. The van der Waals surface area contributed by atoms with Gasteiger partial charge < -0.3 is 9.72 Å². The fourth-order valence-electron chi connectivity index (χ4n) is 3.15. The number of hydrogen-bond acceptors (Lipinski definition) is 4. The van der Waals surface area contributed by atoms with E-state index >= 15 is 0 Å². The van der Waals surface area contributed by atoms with Crippen LogP contribution in [-0.4, -0.2) is 30.3 Å². The van der Waals surface area contributed by atoms with Gasteiger partial charge in [-0.15, -0.1) is 0 Å². The first-order valence-corrected chi connectivity index (χ1v) is 9.40. The van der Waals surface area contributed by atoms with Gasteiger partial charge in [-0.05, 0) is 30.2 Å². The summed E-state index contributed by atoms with van der Waals surface area (Å²) in [6, 6.07) is 17.6. The van der Waals surface area contributed by atoms with Gasteiger partial charge in [-0.25, -0.2) is 0 Å². The molecule has 1 heterocycles. The monoisotopic (exact) mass is 393 g/mol. The quantitative estimate of drug-likeness (QED) is 0.465. The summed E-state index contributed by atoms with van der Waals surface area (Å²) in [5.41, 5.74) is 3.03. The van der Waals surface area contributed by atoms with Gasteiger partial charge in [0.15, 0.2) is 5.92 Å². The first kappa shape index (κ1) is 19.7. The molecule has 0 unspecified atom stereocenters. The molecule has 2 atom stereocenters. The van der Waals surface area contributed by atoms with E-state index in [1.165, 1.54) is 6.21 Å². The van der Waals surface area contributed by atoms with Gasteiger partial charge in [-0.2, -0.15) is 5.26 Å². The van der Waals surface area contributed by atoms with Crippen molar-refractivity contribution in [2.45, 2.75) is 12.8 Å². The lowest BCUT2D eigenvalue weighted by Crippen LogP contribution is -2.18. The number of aromatic amines is 1. The number of carbonyl (C=O) groups is 1. The summed E-state index contributed by atoms with van der Waals surface area (Å²) in [6.07, 6.45) is 3.32. The Morgan fingerprint density at radius 2 is 2.00 bits per heavy atom. The first-order chi connectivity index (χ1) is 13.7. The number of aromatic nitrogens is 1. The zero-order valence-electron chi connectivity index (χ0n) is 15.4. The van der Waals surface area contributed by atoms with E-state index in [0.717, 1.165) is 22.0 Å². The third-order valence-corrected chi connectivity index (χ3v) is 4.84. The number of para-hydroxylation sites is 1. The Morgan fingerprint density at radius 1 is 1.25 bits per heavy atom. The zero-order chi connectivity index (χ0) is 19.9. The topological polar surface area (TPSA) is 78.2 Å². The number of hydrogen-bond donors (Lipinski definition) is 1.